The number of aromatic nitrogens is 4. The van der Waals surface area contributed by atoms with Gasteiger partial charge in [0.1, 0.15) is 0 Å². The smallest absolute Gasteiger partial charge is 0.155 e. The van der Waals surface area contributed by atoms with Crippen molar-refractivity contribution in [2.75, 3.05) is 0 Å². The molecule has 0 radical (unpaired) electrons. The normalized spacial score (nSPS) is 10.5. The Morgan fingerprint density at radius 2 is 2.27 bits per heavy atom. The zero-order valence-electron chi connectivity index (χ0n) is 8.80. The number of unbranched alkanes of at least 4 members (excludes halogenated alkanes) is 1. The molecule has 15 heavy (non-hydrogen) atoms. The van der Waals surface area contributed by atoms with Gasteiger partial charge in [-0.3, -0.25) is 0 Å². The lowest BCUT2D eigenvalue weighted by molar-refractivity contribution is 0.756. The molecule has 2 heterocycles. The van der Waals surface area contributed by atoms with Gasteiger partial charge < -0.3 is 0 Å². The largest absolute Gasteiger partial charge is 0.237 e. The van der Waals surface area contributed by atoms with E-state index in [1.54, 1.807) is 10.9 Å². The monoisotopic (exact) mass is 202 g/mol. The zero-order valence-corrected chi connectivity index (χ0v) is 8.80. The lowest BCUT2D eigenvalue weighted by Crippen LogP contribution is -1.96. The van der Waals surface area contributed by atoms with Gasteiger partial charge in [-0.05, 0) is 25.0 Å². The molecule has 0 aliphatic heterocycles. The van der Waals surface area contributed by atoms with Gasteiger partial charge >= 0.3 is 0 Å². The predicted octanol–water partition coefficient (Wildman–Crippen LogP) is 2.00. The molecular formula is C11H14N4. The summed E-state index contributed by atoms with van der Waals surface area (Å²) in [5.74, 6) is 0.813. The first kappa shape index (κ1) is 9.83. The molecule has 0 aliphatic rings. The minimum absolute atomic E-state index is 0.813. The summed E-state index contributed by atoms with van der Waals surface area (Å²) in [6, 6.07) is 5.74. The Morgan fingerprint density at radius 3 is 3.00 bits per heavy atom. The van der Waals surface area contributed by atoms with Crippen LogP contribution in [0.2, 0.25) is 0 Å². The van der Waals surface area contributed by atoms with Crippen molar-refractivity contribution in [2.24, 2.45) is 0 Å². The molecule has 0 saturated carbocycles. The topological polar surface area (TPSA) is 43.6 Å². The molecule has 0 aromatic carbocycles. The molecule has 4 nitrogen and oxygen atoms in total. The van der Waals surface area contributed by atoms with Crippen LogP contribution in [0.25, 0.3) is 5.82 Å². The van der Waals surface area contributed by atoms with Crippen molar-refractivity contribution in [3.8, 4) is 5.82 Å². The standard InChI is InChI=1S/C11H14N4/c1-2-3-6-10-9-15(14-13-10)11-7-4-5-8-12-11/h4-5,7-9H,2-3,6H2,1H3. The first-order chi connectivity index (χ1) is 7.40. The first-order valence-corrected chi connectivity index (χ1v) is 5.23. The van der Waals surface area contributed by atoms with E-state index in [0.717, 1.165) is 24.4 Å². The highest BCUT2D eigenvalue weighted by Gasteiger charge is 2.02. The molecule has 2 aromatic heterocycles. The highest BCUT2D eigenvalue weighted by molar-refractivity contribution is 5.19. The van der Waals surface area contributed by atoms with Crippen LogP contribution < -0.4 is 0 Å². The SMILES string of the molecule is CCCCc1cn(-c2ccccn2)nn1. The Morgan fingerprint density at radius 1 is 1.33 bits per heavy atom. The third kappa shape index (κ3) is 2.40. The van der Waals surface area contributed by atoms with E-state index in [1.165, 1.54) is 6.42 Å². The molecule has 0 N–H and O–H groups in total. The Labute approximate surface area is 89.0 Å². The fourth-order valence-electron chi connectivity index (χ4n) is 1.37. The van der Waals surface area contributed by atoms with E-state index in [9.17, 15) is 0 Å². The van der Waals surface area contributed by atoms with Crippen molar-refractivity contribution in [1.29, 1.82) is 0 Å². The van der Waals surface area contributed by atoms with Crippen molar-refractivity contribution >= 4 is 0 Å². The predicted molar refractivity (Wildman–Crippen MR) is 57.8 cm³/mol. The van der Waals surface area contributed by atoms with Gasteiger partial charge in [-0.2, -0.15) is 0 Å². The number of hydrogen-bond donors (Lipinski definition) is 0. The molecule has 4 heteroatoms. The minimum Gasteiger partial charge on any atom is -0.237 e. The highest BCUT2D eigenvalue weighted by atomic mass is 15.4. The maximum Gasteiger partial charge on any atom is 0.155 e. The molecule has 2 rings (SSSR count). The van der Waals surface area contributed by atoms with E-state index >= 15 is 0 Å². The van der Waals surface area contributed by atoms with Crippen LogP contribution in [0.15, 0.2) is 30.6 Å². The van der Waals surface area contributed by atoms with E-state index in [2.05, 4.69) is 22.2 Å². The molecule has 0 unspecified atom stereocenters. The molecule has 78 valence electrons. The molecule has 0 bridgehead atoms. The summed E-state index contributed by atoms with van der Waals surface area (Å²) < 4.78 is 1.71. The molecule has 0 fully saturated rings. The highest BCUT2D eigenvalue weighted by Crippen LogP contribution is 2.04. The first-order valence-electron chi connectivity index (χ1n) is 5.23. The van der Waals surface area contributed by atoms with E-state index < -0.39 is 0 Å². The van der Waals surface area contributed by atoms with Gasteiger partial charge in [-0.25, -0.2) is 9.67 Å². The van der Waals surface area contributed by atoms with Crippen LogP contribution in [0.1, 0.15) is 25.5 Å². The van der Waals surface area contributed by atoms with Crippen LogP contribution in [-0.2, 0) is 6.42 Å². The van der Waals surface area contributed by atoms with Crippen LogP contribution in [-0.4, -0.2) is 20.0 Å². The Bertz CT molecular complexity index is 408. The number of rotatable bonds is 4. The van der Waals surface area contributed by atoms with E-state index in [4.69, 9.17) is 0 Å². The number of nitrogens with zero attached hydrogens (tertiary/aromatic N) is 4. The Balaban J connectivity index is 2.14. The molecule has 2 aromatic rings. The molecule has 0 atom stereocenters. The summed E-state index contributed by atoms with van der Waals surface area (Å²) >= 11 is 0. The quantitative estimate of drug-likeness (QED) is 0.761. The van der Waals surface area contributed by atoms with Crippen LogP contribution in [0.3, 0.4) is 0 Å². The van der Waals surface area contributed by atoms with Crippen molar-refractivity contribution in [3.63, 3.8) is 0 Å². The second-order valence-corrected chi connectivity index (χ2v) is 3.45. The van der Waals surface area contributed by atoms with Crippen molar-refractivity contribution < 1.29 is 0 Å². The summed E-state index contributed by atoms with van der Waals surface area (Å²) in [5.41, 5.74) is 1.03. The molecule has 0 amide bonds. The maximum atomic E-state index is 4.20. The maximum absolute atomic E-state index is 4.20. The summed E-state index contributed by atoms with van der Waals surface area (Å²) in [5, 5.41) is 8.15. The van der Waals surface area contributed by atoms with Gasteiger partial charge in [0.05, 0.1) is 11.9 Å². The van der Waals surface area contributed by atoms with Gasteiger partial charge in [-0.15, -0.1) is 5.10 Å². The molecule has 0 aliphatic carbocycles. The third-order valence-electron chi connectivity index (χ3n) is 2.21. The van der Waals surface area contributed by atoms with E-state index in [1.807, 2.05) is 24.4 Å². The lowest BCUT2D eigenvalue weighted by Gasteiger charge is -1.95. The van der Waals surface area contributed by atoms with Crippen molar-refractivity contribution in [2.45, 2.75) is 26.2 Å². The number of hydrogen-bond acceptors (Lipinski definition) is 3. The van der Waals surface area contributed by atoms with Gasteiger partial charge in [0, 0.05) is 6.20 Å². The number of pyridine rings is 1. The van der Waals surface area contributed by atoms with Crippen molar-refractivity contribution in [1.82, 2.24) is 20.0 Å². The fourth-order valence-corrected chi connectivity index (χ4v) is 1.37. The van der Waals surface area contributed by atoms with Gasteiger partial charge in [-0.1, -0.05) is 24.6 Å². The van der Waals surface area contributed by atoms with E-state index in [0.29, 0.717) is 0 Å². The number of aryl methyl sites for hydroxylation is 1. The van der Waals surface area contributed by atoms with Crippen LogP contribution >= 0.6 is 0 Å². The van der Waals surface area contributed by atoms with Crippen molar-refractivity contribution in [3.05, 3.63) is 36.3 Å². The second-order valence-electron chi connectivity index (χ2n) is 3.45. The average Bonchev–Trinajstić information content (AvgIpc) is 2.76. The van der Waals surface area contributed by atoms with Gasteiger partial charge in [0.25, 0.3) is 0 Å². The van der Waals surface area contributed by atoms with Gasteiger partial charge in [0.2, 0.25) is 0 Å². The van der Waals surface area contributed by atoms with Crippen LogP contribution in [0.4, 0.5) is 0 Å². The Kier molecular flexibility index (Phi) is 3.07. The summed E-state index contributed by atoms with van der Waals surface area (Å²) in [6.45, 7) is 2.17. The molecule has 0 spiro atoms. The zero-order chi connectivity index (χ0) is 10.5. The minimum atomic E-state index is 0.813. The third-order valence-corrected chi connectivity index (χ3v) is 2.21. The Hall–Kier alpha value is -1.71. The average molecular weight is 202 g/mol. The summed E-state index contributed by atoms with van der Waals surface area (Å²) in [6.07, 6.45) is 7.02. The second kappa shape index (κ2) is 4.68. The van der Waals surface area contributed by atoms with E-state index in [-0.39, 0.29) is 0 Å². The summed E-state index contributed by atoms with van der Waals surface area (Å²) in [4.78, 5) is 4.20. The van der Waals surface area contributed by atoms with Gasteiger partial charge in [0.15, 0.2) is 5.82 Å². The lowest BCUT2D eigenvalue weighted by atomic mass is 10.2. The van der Waals surface area contributed by atoms with Crippen LogP contribution in [0, 0.1) is 0 Å². The van der Waals surface area contributed by atoms with Crippen LogP contribution in [0.5, 0.6) is 0 Å². The molecular weight excluding hydrogens is 188 g/mol. The summed E-state index contributed by atoms with van der Waals surface area (Å²) in [7, 11) is 0. The fraction of sp³-hybridized carbons (Fsp3) is 0.364. The molecule has 0 saturated heterocycles.